The molecule has 0 aliphatic rings. The molecular formula is C15H25NO3. The van der Waals surface area contributed by atoms with E-state index in [1.165, 1.54) is 0 Å². The van der Waals surface area contributed by atoms with Gasteiger partial charge in [-0.15, -0.1) is 0 Å². The van der Waals surface area contributed by atoms with E-state index >= 15 is 0 Å². The minimum atomic E-state index is 0.268. The fourth-order valence-electron chi connectivity index (χ4n) is 1.98. The summed E-state index contributed by atoms with van der Waals surface area (Å²) in [7, 11) is 3.30. The molecular weight excluding hydrogens is 242 g/mol. The second-order valence-corrected chi connectivity index (χ2v) is 4.76. The van der Waals surface area contributed by atoms with Crippen molar-refractivity contribution < 1.29 is 14.6 Å². The molecule has 0 radical (unpaired) electrons. The van der Waals surface area contributed by atoms with E-state index < -0.39 is 0 Å². The van der Waals surface area contributed by atoms with E-state index in [9.17, 15) is 0 Å². The normalized spacial score (nSPS) is 12.2. The largest absolute Gasteiger partial charge is 0.493 e. The summed E-state index contributed by atoms with van der Waals surface area (Å²) in [6, 6.07) is 5.89. The molecule has 0 aliphatic heterocycles. The first kappa shape index (κ1) is 15.8. The summed E-state index contributed by atoms with van der Waals surface area (Å²) < 4.78 is 10.7. The zero-order valence-electron chi connectivity index (χ0n) is 12.1. The molecule has 0 aromatic heterocycles. The van der Waals surface area contributed by atoms with Crippen LogP contribution in [0.5, 0.6) is 11.5 Å². The molecule has 4 heteroatoms. The van der Waals surface area contributed by atoms with Crippen molar-refractivity contribution in [1.29, 1.82) is 0 Å². The standard InChI is InChI=1S/C15H25NO3/c1-12(11-17)6-5-9-16-10-13-7-4-8-14(18-2)15(13)19-3/h4,7-8,12,16-17H,5-6,9-11H2,1-3H3. The molecule has 0 saturated carbocycles. The quantitative estimate of drug-likeness (QED) is 0.674. The van der Waals surface area contributed by atoms with Crippen molar-refractivity contribution >= 4 is 0 Å². The van der Waals surface area contributed by atoms with Crippen LogP contribution in [0.4, 0.5) is 0 Å². The van der Waals surface area contributed by atoms with Gasteiger partial charge in [-0.05, 0) is 31.4 Å². The van der Waals surface area contributed by atoms with Gasteiger partial charge in [-0.2, -0.15) is 0 Å². The Bertz CT molecular complexity index is 368. The number of hydrogen-bond acceptors (Lipinski definition) is 4. The zero-order chi connectivity index (χ0) is 14.1. The van der Waals surface area contributed by atoms with Crippen molar-refractivity contribution in [2.24, 2.45) is 5.92 Å². The van der Waals surface area contributed by atoms with Crippen molar-refractivity contribution in [2.45, 2.75) is 26.3 Å². The molecule has 1 rings (SSSR count). The van der Waals surface area contributed by atoms with Crippen molar-refractivity contribution in [3.05, 3.63) is 23.8 Å². The van der Waals surface area contributed by atoms with Gasteiger partial charge in [0.2, 0.25) is 0 Å². The summed E-state index contributed by atoms with van der Waals surface area (Å²) in [5.74, 6) is 1.94. The first-order valence-corrected chi connectivity index (χ1v) is 6.74. The lowest BCUT2D eigenvalue weighted by atomic mass is 10.1. The topological polar surface area (TPSA) is 50.7 Å². The van der Waals surface area contributed by atoms with Gasteiger partial charge >= 0.3 is 0 Å². The van der Waals surface area contributed by atoms with Gasteiger partial charge < -0.3 is 19.9 Å². The van der Waals surface area contributed by atoms with Crippen LogP contribution in [0.25, 0.3) is 0 Å². The third-order valence-corrected chi connectivity index (χ3v) is 3.16. The smallest absolute Gasteiger partial charge is 0.165 e. The highest BCUT2D eigenvalue weighted by Gasteiger charge is 2.08. The maximum absolute atomic E-state index is 8.94. The SMILES string of the molecule is COc1cccc(CNCCCC(C)CO)c1OC. The van der Waals surface area contributed by atoms with Crippen LogP contribution in [0.2, 0.25) is 0 Å². The van der Waals surface area contributed by atoms with Crippen LogP contribution in [-0.4, -0.2) is 32.5 Å². The molecule has 4 nitrogen and oxygen atoms in total. The number of hydrogen-bond donors (Lipinski definition) is 2. The van der Waals surface area contributed by atoms with Crippen molar-refractivity contribution in [2.75, 3.05) is 27.4 Å². The molecule has 1 unspecified atom stereocenters. The van der Waals surface area contributed by atoms with E-state index in [0.29, 0.717) is 5.92 Å². The Balaban J connectivity index is 2.41. The van der Waals surface area contributed by atoms with E-state index in [4.69, 9.17) is 14.6 Å². The summed E-state index contributed by atoms with van der Waals surface area (Å²) in [5, 5.41) is 12.3. The summed E-state index contributed by atoms with van der Waals surface area (Å²) >= 11 is 0. The van der Waals surface area contributed by atoms with Crippen LogP contribution in [0.1, 0.15) is 25.3 Å². The Hall–Kier alpha value is -1.26. The highest BCUT2D eigenvalue weighted by atomic mass is 16.5. The zero-order valence-corrected chi connectivity index (χ0v) is 12.1. The molecule has 1 aromatic carbocycles. The van der Waals surface area contributed by atoms with Crippen LogP contribution in [0.15, 0.2) is 18.2 Å². The molecule has 108 valence electrons. The Morgan fingerprint density at radius 2 is 2.05 bits per heavy atom. The second-order valence-electron chi connectivity index (χ2n) is 4.76. The average Bonchev–Trinajstić information content (AvgIpc) is 2.45. The predicted molar refractivity (Wildman–Crippen MR) is 76.7 cm³/mol. The molecule has 0 fully saturated rings. The molecule has 2 N–H and O–H groups in total. The van der Waals surface area contributed by atoms with Crippen LogP contribution >= 0.6 is 0 Å². The van der Waals surface area contributed by atoms with Crippen molar-refractivity contribution in [1.82, 2.24) is 5.32 Å². The summed E-state index contributed by atoms with van der Waals surface area (Å²) in [5.41, 5.74) is 1.09. The second kappa shape index (κ2) is 8.77. The molecule has 19 heavy (non-hydrogen) atoms. The maximum Gasteiger partial charge on any atom is 0.165 e. The van der Waals surface area contributed by atoms with Crippen LogP contribution in [-0.2, 0) is 6.54 Å². The predicted octanol–water partition coefficient (Wildman–Crippen LogP) is 2.20. The summed E-state index contributed by atoms with van der Waals surface area (Å²) in [6.07, 6.45) is 2.10. The van der Waals surface area contributed by atoms with Gasteiger partial charge in [0.15, 0.2) is 11.5 Å². The average molecular weight is 267 g/mol. The van der Waals surface area contributed by atoms with Crippen LogP contribution in [0, 0.1) is 5.92 Å². The summed E-state index contributed by atoms with van der Waals surface area (Å²) in [6.45, 7) is 4.02. The van der Waals surface area contributed by atoms with Crippen LogP contribution in [0.3, 0.4) is 0 Å². The lowest BCUT2D eigenvalue weighted by Crippen LogP contribution is -2.16. The lowest BCUT2D eigenvalue weighted by Gasteiger charge is -2.13. The first-order chi connectivity index (χ1) is 9.22. The van der Waals surface area contributed by atoms with Crippen LogP contribution < -0.4 is 14.8 Å². The minimum absolute atomic E-state index is 0.268. The van der Waals surface area contributed by atoms with Gasteiger partial charge in [-0.25, -0.2) is 0 Å². The molecule has 1 atom stereocenters. The van der Waals surface area contributed by atoms with Gasteiger partial charge in [0.25, 0.3) is 0 Å². The number of ether oxygens (including phenoxy) is 2. The molecule has 0 aliphatic carbocycles. The third-order valence-electron chi connectivity index (χ3n) is 3.16. The highest BCUT2D eigenvalue weighted by Crippen LogP contribution is 2.30. The third kappa shape index (κ3) is 5.09. The first-order valence-electron chi connectivity index (χ1n) is 6.74. The van der Waals surface area contributed by atoms with Gasteiger partial charge in [0.05, 0.1) is 14.2 Å². The molecule has 0 saturated heterocycles. The Labute approximate surface area is 115 Å². The number of aliphatic hydroxyl groups excluding tert-OH is 1. The van der Waals surface area contributed by atoms with E-state index in [1.54, 1.807) is 14.2 Å². The lowest BCUT2D eigenvalue weighted by molar-refractivity contribution is 0.228. The molecule has 1 aromatic rings. The number of para-hydroxylation sites is 1. The number of rotatable bonds is 9. The Kier molecular flexibility index (Phi) is 7.30. The monoisotopic (exact) mass is 267 g/mol. The minimum Gasteiger partial charge on any atom is -0.493 e. The molecule has 0 heterocycles. The van der Waals surface area contributed by atoms with E-state index in [-0.39, 0.29) is 6.61 Å². The van der Waals surface area contributed by atoms with Crippen molar-refractivity contribution in [3.63, 3.8) is 0 Å². The maximum atomic E-state index is 8.94. The van der Waals surface area contributed by atoms with Gasteiger partial charge in [0, 0.05) is 18.7 Å². The highest BCUT2D eigenvalue weighted by molar-refractivity contribution is 5.46. The van der Waals surface area contributed by atoms with E-state index in [1.807, 2.05) is 18.2 Å². The summed E-state index contributed by atoms with van der Waals surface area (Å²) in [4.78, 5) is 0. The fraction of sp³-hybridized carbons (Fsp3) is 0.600. The Morgan fingerprint density at radius 3 is 2.68 bits per heavy atom. The van der Waals surface area contributed by atoms with Crippen molar-refractivity contribution in [3.8, 4) is 11.5 Å². The number of nitrogens with one attached hydrogen (secondary N) is 1. The molecule has 0 amide bonds. The number of methoxy groups -OCH3 is 2. The molecule has 0 spiro atoms. The van der Waals surface area contributed by atoms with Gasteiger partial charge in [-0.1, -0.05) is 19.1 Å². The number of benzene rings is 1. The Morgan fingerprint density at radius 1 is 1.26 bits per heavy atom. The fourth-order valence-corrected chi connectivity index (χ4v) is 1.98. The van der Waals surface area contributed by atoms with Gasteiger partial charge in [-0.3, -0.25) is 0 Å². The molecule has 0 bridgehead atoms. The number of aliphatic hydroxyl groups is 1. The van der Waals surface area contributed by atoms with E-state index in [0.717, 1.165) is 43.0 Å². The van der Waals surface area contributed by atoms with Gasteiger partial charge in [0.1, 0.15) is 0 Å². The van der Waals surface area contributed by atoms with E-state index in [2.05, 4.69) is 12.2 Å².